The van der Waals surface area contributed by atoms with Crippen LogP contribution in [0.4, 0.5) is 5.69 Å². The monoisotopic (exact) mass is 279 g/mol. The average Bonchev–Trinajstić information content (AvgIpc) is 2.96. The minimum absolute atomic E-state index is 0.489. The second kappa shape index (κ2) is 5.51. The summed E-state index contributed by atoms with van der Waals surface area (Å²) in [5.74, 6) is 0.607. The summed E-state index contributed by atoms with van der Waals surface area (Å²) in [6, 6.07) is 9.73. The second-order valence-corrected chi connectivity index (χ2v) is 4.44. The molecule has 3 aromatic heterocycles. The molecule has 0 saturated heterocycles. The first-order valence-electron chi connectivity index (χ1n) is 6.41. The van der Waals surface area contributed by atoms with Gasteiger partial charge in [0.15, 0.2) is 0 Å². The lowest BCUT2D eigenvalue weighted by Crippen LogP contribution is -2.03. The maximum atomic E-state index is 9.08. The second-order valence-electron chi connectivity index (χ2n) is 4.44. The third-order valence-corrected chi connectivity index (χ3v) is 3.12. The summed E-state index contributed by atoms with van der Waals surface area (Å²) in [6.07, 6.45) is 5.11. The molecule has 0 aliphatic carbocycles. The summed E-state index contributed by atoms with van der Waals surface area (Å²) >= 11 is 0. The van der Waals surface area contributed by atoms with Crippen molar-refractivity contribution in [2.24, 2.45) is 0 Å². The Bertz CT molecular complexity index is 804. The molecule has 3 aromatic rings. The number of ether oxygens (including phenoxy) is 1. The quantitative estimate of drug-likeness (QED) is 0.792. The van der Waals surface area contributed by atoms with Gasteiger partial charge in [0.1, 0.15) is 22.9 Å². The predicted molar refractivity (Wildman–Crippen MR) is 78.0 cm³/mol. The van der Waals surface area contributed by atoms with Gasteiger partial charge in [-0.15, -0.1) is 0 Å². The molecular formula is C15H13N5O. The van der Waals surface area contributed by atoms with Crippen molar-refractivity contribution in [3.8, 4) is 11.8 Å². The van der Waals surface area contributed by atoms with E-state index in [0.29, 0.717) is 23.4 Å². The van der Waals surface area contributed by atoms with Gasteiger partial charge in [0.05, 0.1) is 37.4 Å². The zero-order chi connectivity index (χ0) is 14.7. The molecule has 0 radical (unpaired) electrons. The standard InChI is InChI=1S/C15H13N5O/c1-21-14-6-13(18-9-12-4-2-3-5-17-12)10-20-15(14)11(7-16)8-19-20/h2-6,8,10,18H,9H2,1H3. The lowest BCUT2D eigenvalue weighted by molar-refractivity contribution is 0.417. The van der Waals surface area contributed by atoms with Gasteiger partial charge in [-0.2, -0.15) is 10.4 Å². The van der Waals surface area contributed by atoms with Crippen molar-refractivity contribution >= 4 is 11.2 Å². The van der Waals surface area contributed by atoms with Gasteiger partial charge in [-0.25, -0.2) is 4.52 Å². The van der Waals surface area contributed by atoms with Crippen LogP contribution in [-0.2, 0) is 6.54 Å². The van der Waals surface area contributed by atoms with Gasteiger partial charge in [0, 0.05) is 12.3 Å². The minimum atomic E-state index is 0.489. The number of aromatic nitrogens is 3. The summed E-state index contributed by atoms with van der Waals surface area (Å²) in [4.78, 5) is 4.26. The van der Waals surface area contributed by atoms with E-state index in [1.165, 1.54) is 6.20 Å². The molecule has 3 heterocycles. The van der Waals surface area contributed by atoms with Crippen LogP contribution >= 0.6 is 0 Å². The fourth-order valence-corrected chi connectivity index (χ4v) is 2.11. The molecule has 0 unspecified atom stereocenters. The Labute approximate surface area is 121 Å². The molecule has 0 aliphatic heterocycles. The van der Waals surface area contributed by atoms with Gasteiger partial charge in [0.2, 0.25) is 0 Å². The number of nitrogens with zero attached hydrogens (tertiary/aromatic N) is 4. The number of hydrogen-bond donors (Lipinski definition) is 1. The summed E-state index contributed by atoms with van der Waals surface area (Å²) in [5, 5.41) is 16.5. The third-order valence-electron chi connectivity index (χ3n) is 3.12. The first-order chi connectivity index (χ1) is 10.3. The van der Waals surface area contributed by atoms with E-state index in [4.69, 9.17) is 10.00 Å². The van der Waals surface area contributed by atoms with E-state index in [1.54, 1.807) is 17.8 Å². The SMILES string of the molecule is COc1cc(NCc2ccccn2)cn2ncc(C#N)c12. The molecule has 0 atom stereocenters. The largest absolute Gasteiger partial charge is 0.494 e. The number of nitrogens with one attached hydrogen (secondary N) is 1. The van der Waals surface area contributed by atoms with Crippen molar-refractivity contribution in [3.05, 3.63) is 54.1 Å². The number of pyridine rings is 2. The lowest BCUT2D eigenvalue weighted by Gasteiger charge is -2.09. The van der Waals surface area contributed by atoms with Crippen LogP contribution in [0.3, 0.4) is 0 Å². The summed E-state index contributed by atoms with van der Waals surface area (Å²) in [5.41, 5.74) is 2.94. The van der Waals surface area contributed by atoms with Crippen molar-refractivity contribution in [2.75, 3.05) is 12.4 Å². The van der Waals surface area contributed by atoms with E-state index in [2.05, 4.69) is 21.5 Å². The van der Waals surface area contributed by atoms with Gasteiger partial charge >= 0.3 is 0 Å². The van der Waals surface area contributed by atoms with E-state index in [1.807, 2.05) is 30.5 Å². The lowest BCUT2D eigenvalue weighted by atomic mass is 10.2. The van der Waals surface area contributed by atoms with Crippen molar-refractivity contribution in [2.45, 2.75) is 6.54 Å². The molecule has 6 heteroatoms. The third kappa shape index (κ3) is 2.49. The smallest absolute Gasteiger partial charge is 0.148 e. The molecule has 1 N–H and O–H groups in total. The Hall–Kier alpha value is -3.07. The zero-order valence-corrected chi connectivity index (χ0v) is 11.4. The summed E-state index contributed by atoms with van der Waals surface area (Å²) < 4.78 is 6.99. The number of fused-ring (bicyclic) bond motifs is 1. The topological polar surface area (TPSA) is 75.2 Å². The molecule has 6 nitrogen and oxygen atoms in total. The predicted octanol–water partition coefficient (Wildman–Crippen LogP) is 2.22. The molecule has 0 saturated carbocycles. The molecule has 0 amide bonds. The van der Waals surface area contributed by atoms with Gasteiger partial charge < -0.3 is 10.1 Å². The highest BCUT2D eigenvalue weighted by Crippen LogP contribution is 2.26. The molecule has 0 fully saturated rings. The Morgan fingerprint density at radius 2 is 2.33 bits per heavy atom. The molecule has 0 aromatic carbocycles. The normalized spacial score (nSPS) is 10.3. The average molecular weight is 279 g/mol. The Balaban J connectivity index is 1.92. The first kappa shape index (κ1) is 12.9. The number of hydrogen-bond acceptors (Lipinski definition) is 5. The Kier molecular flexibility index (Phi) is 3.39. The number of rotatable bonds is 4. The van der Waals surface area contributed by atoms with Crippen molar-refractivity contribution in [1.29, 1.82) is 5.26 Å². The fourth-order valence-electron chi connectivity index (χ4n) is 2.11. The van der Waals surface area contributed by atoms with E-state index in [0.717, 1.165) is 11.4 Å². The highest BCUT2D eigenvalue weighted by Gasteiger charge is 2.11. The van der Waals surface area contributed by atoms with E-state index in [-0.39, 0.29) is 0 Å². The molecule has 0 aliphatic rings. The van der Waals surface area contributed by atoms with Gasteiger partial charge in [-0.3, -0.25) is 4.98 Å². The van der Waals surface area contributed by atoms with Crippen molar-refractivity contribution in [1.82, 2.24) is 14.6 Å². The van der Waals surface area contributed by atoms with Gasteiger partial charge in [-0.05, 0) is 12.1 Å². The van der Waals surface area contributed by atoms with Crippen LogP contribution in [0.25, 0.3) is 5.52 Å². The molecule has 0 bridgehead atoms. The van der Waals surface area contributed by atoms with Crippen LogP contribution in [-0.4, -0.2) is 21.7 Å². The van der Waals surface area contributed by atoms with Crippen LogP contribution < -0.4 is 10.1 Å². The van der Waals surface area contributed by atoms with E-state index in [9.17, 15) is 0 Å². The molecule has 3 rings (SSSR count). The molecule has 0 spiro atoms. The van der Waals surface area contributed by atoms with Crippen LogP contribution in [0.2, 0.25) is 0 Å². The number of nitriles is 1. The molecule has 104 valence electrons. The maximum absolute atomic E-state index is 9.08. The molecular weight excluding hydrogens is 266 g/mol. The highest BCUT2D eigenvalue weighted by atomic mass is 16.5. The van der Waals surface area contributed by atoms with Crippen LogP contribution in [0, 0.1) is 11.3 Å². The van der Waals surface area contributed by atoms with E-state index < -0.39 is 0 Å². The first-order valence-corrected chi connectivity index (χ1v) is 6.41. The van der Waals surface area contributed by atoms with Crippen LogP contribution in [0.5, 0.6) is 5.75 Å². The summed E-state index contributed by atoms with van der Waals surface area (Å²) in [6.45, 7) is 0.599. The number of methoxy groups -OCH3 is 1. The number of anilines is 1. The maximum Gasteiger partial charge on any atom is 0.148 e. The zero-order valence-electron chi connectivity index (χ0n) is 11.4. The summed E-state index contributed by atoms with van der Waals surface area (Å²) in [7, 11) is 1.58. The van der Waals surface area contributed by atoms with Crippen LogP contribution in [0.15, 0.2) is 42.9 Å². The van der Waals surface area contributed by atoms with E-state index >= 15 is 0 Å². The Morgan fingerprint density at radius 3 is 3.05 bits per heavy atom. The van der Waals surface area contributed by atoms with Crippen LogP contribution in [0.1, 0.15) is 11.3 Å². The fraction of sp³-hybridized carbons (Fsp3) is 0.133. The van der Waals surface area contributed by atoms with Crippen molar-refractivity contribution in [3.63, 3.8) is 0 Å². The Morgan fingerprint density at radius 1 is 1.43 bits per heavy atom. The highest BCUT2D eigenvalue weighted by molar-refractivity contribution is 5.72. The minimum Gasteiger partial charge on any atom is -0.494 e. The molecule has 21 heavy (non-hydrogen) atoms. The van der Waals surface area contributed by atoms with Gasteiger partial charge in [0.25, 0.3) is 0 Å². The van der Waals surface area contributed by atoms with Crippen molar-refractivity contribution < 1.29 is 4.74 Å². The van der Waals surface area contributed by atoms with Gasteiger partial charge in [-0.1, -0.05) is 6.07 Å².